The predicted octanol–water partition coefficient (Wildman–Crippen LogP) is 4.84. The van der Waals surface area contributed by atoms with Crippen molar-refractivity contribution in [3.8, 4) is 0 Å². The molecule has 4 bridgehead atoms. The molecule has 6 rings (SSSR count). The summed E-state index contributed by atoms with van der Waals surface area (Å²) in [6.45, 7) is 7.68. The Balaban J connectivity index is 1.45. The van der Waals surface area contributed by atoms with Crippen LogP contribution >= 0.6 is 0 Å². The highest BCUT2D eigenvalue weighted by molar-refractivity contribution is 7.92. The van der Waals surface area contributed by atoms with Crippen molar-refractivity contribution in [2.24, 2.45) is 17.8 Å². The molecule has 2 aromatic rings. The standard InChI is InChI=1S/C23H31N3O2S/c1-14-7-15(2)17(4)22(16(14)3)29(27,28)25-21-5-6-26(24-21)23-11-18-8-19(12-23)10-20(9-18)13-23/h5-7,18-20H,8-13H2,1-4H3,(H,24,25). The first-order chi connectivity index (χ1) is 13.7. The Labute approximate surface area is 173 Å². The maximum Gasteiger partial charge on any atom is 0.263 e. The third-order valence-corrected chi connectivity index (χ3v) is 9.51. The van der Waals surface area contributed by atoms with Crippen LogP contribution in [0.5, 0.6) is 0 Å². The summed E-state index contributed by atoms with van der Waals surface area (Å²) in [7, 11) is -3.69. The molecule has 0 saturated heterocycles. The number of anilines is 1. The highest BCUT2D eigenvalue weighted by atomic mass is 32.2. The first-order valence-corrected chi connectivity index (χ1v) is 12.3. The van der Waals surface area contributed by atoms with Crippen LogP contribution < -0.4 is 4.72 Å². The summed E-state index contributed by atoms with van der Waals surface area (Å²) in [6.07, 6.45) is 9.72. The van der Waals surface area contributed by atoms with Crippen LogP contribution in [0.15, 0.2) is 23.2 Å². The Morgan fingerprint density at radius 1 is 0.966 bits per heavy atom. The first kappa shape index (κ1) is 19.2. The van der Waals surface area contributed by atoms with E-state index in [0.717, 1.165) is 40.0 Å². The molecule has 1 heterocycles. The topological polar surface area (TPSA) is 64.0 Å². The first-order valence-electron chi connectivity index (χ1n) is 10.8. The van der Waals surface area contributed by atoms with Gasteiger partial charge in [0.25, 0.3) is 10.0 Å². The fourth-order valence-electron chi connectivity index (χ4n) is 6.76. The summed E-state index contributed by atoms with van der Waals surface area (Å²) in [4.78, 5) is 0.388. The number of aromatic nitrogens is 2. The average molecular weight is 414 g/mol. The molecule has 1 aromatic carbocycles. The van der Waals surface area contributed by atoms with Gasteiger partial charge in [-0.2, -0.15) is 5.10 Å². The van der Waals surface area contributed by atoms with Crippen molar-refractivity contribution in [1.29, 1.82) is 0 Å². The van der Waals surface area contributed by atoms with Gasteiger partial charge in [-0.3, -0.25) is 9.40 Å². The van der Waals surface area contributed by atoms with Crippen molar-refractivity contribution >= 4 is 15.8 Å². The van der Waals surface area contributed by atoms with Crippen molar-refractivity contribution < 1.29 is 8.42 Å². The Hall–Kier alpha value is -1.82. The van der Waals surface area contributed by atoms with E-state index in [1.165, 1.54) is 38.5 Å². The zero-order valence-corrected chi connectivity index (χ0v) is 18.6. The Kier molecular flexibility index (Phi) is 4.19. The van der Waals surface area contributed by atoms with Crippen LogP contribution in [0.1, 0.15) is 60.8 Å². The van der Waals surface area contributed by atoms with E-state index < -0.39 is 10.0 Å². The molecule has 5 nitrogen and oxygen atoms in total. The van der Waals surface area contributed by atoms with Gasteiger partial charge in [0.1, 0.15) is 0 Å². The zero-order chi connectivity index (χ0) is 20.6. The number of nitrogens with zero attached hydrogens (tertiary/aromatic N) is 2. The molecular formula is C23H31N3O2S. The second-order valence-electron chi connectivity index (χ2n) is 9.98. The van der Waals surface area contributed by atoms with E-state index in [-0.39, 0.29) is 5.54 Å². The zero-order valence-electron chi connectivity index (χ0n) is 17.8. The number of rotatable bonds is 4. The van der Waals surface area contributed by atoms with Gasteiger partial charge in [-0.05, 0) is 106 Å². The molecule has 4 fully saturated rings. The highest BCUT2D eigenvalue weighted by Gasteiger charge is 2.52. The molecule has 0 spiro atoms. The van der Waals surface area contributed by atoms with Gasteiger partial charge in [0, 0.05) is 12.3 Å². The predicted molar refractivity (Wildman–Crippen MR) is 115 cm³/mol. The lowest BCUT2D eigenvalue weighted by atomic mass is 9.53. The van der Waals surface area contributed by atoms with Crippen LogP contribution in [0.3, 0.4) is 0 Å². The molecule has 4 aliphatic rings. The Bertz CT molecular complexity index is 1020. The third kappa shape index (κ3) is 3.02. The summed E-state index contributed by atoms with van der Waals surface area (Å²) in [6, 6.07) is 3.87. The van der Waals surface area contributed by atoms with Crippen LogP contribution in [0.25, 0.3) is 0 Å². The number of sulfonamides is 1. The minimum absolute atomic E-state index is 0.101. The van der Waals surface area contributed by atoms with E-state index in [1.807, 2.05) is 46.0 Å². The molecule has 29 heavy (non-hydrogen) atoms. The van der Waals surface area contributed by atoms with Crippen molar-refractivity contribution in [2.45, 2.75) is 76.7 Å². The van der Waals surface area contributed by atoms with Crippen molar-refractivity contribution in [3.63, 3.8) is 0 Å². The Morgan fingerprint density at radius 3 is 2.00 bits per heavy atom. The molecule has 0 atom stereocenters. The van der Waals surface area contributed by atoms with E-state index in [1.54, 1.807) is 0 Å². The quantitative estimate of drug-likeness (QED) is 0.780. The highest BCUT2D eigenvalue weighted by Crippen LogP contribution is 2.58. The minimum atomic E-state index is -3.69. The van der Waals surface area contributed by atoms with Crippen LogP contribution in [0.2, 0.25) is 0 Å². The third-order valence-electron chi connectivity index (χ3n) is 7.89. The number of benzene rings is 1. The summed E-state index contributed by atoms with van der Waals surface area (Å²) in [5.41, 5.74) is 3.70. The normalized spacial score (nSPS) is 30.7. The molecular weight excluding hydrogens is 382 g/mol. The summed E-state index contributed by atoms with van der Waals surface area (Å²) in [5.74, 6) is 2.90. The van der Waals surface area contributed by atoms with Gasteiger partial charge in [0.15, 0.2) is 5.82 Å². The van der Waals surface area contributed by atoms with Gasteiger partial charge in [-0.15, -0.1) is 0 Å². The lowest BCUT2D eigenvalue weighted by Gasteiger charge is -2.56. The molecule has 0 aliphatic heterocycles. The monoisotopic (exact) mass is 413 g/mol. The molecule has 0 amide bonds. The molecule has 4 aliphatic carbocycles. The number of nitrogens with one attached hydrogen (secondary N) is 1. The fourth-order valence-corrected chi connectivity index (χ4v) is 8.37. The van der Waals surface area contributed by atoms with Gasteiger partial charge in [-0.1, -0.05) is 6.07 Å². The van der Waals surface area contributed by atoms with E-state index in [0.29, 0.717) is 10.7 Å². The van der Waals surface area contributed by atoms with Gasteiger partial charge in [0.05, 0.1) is 10.4 Å². The maximum absolute atomic E-state index is 13.2. The summed E-state index contributed by atoms with van der Waals surface area (Å²) >= 11 is 0. The van der Waals surface area contributed by atoms with E-state index >= 15 is 0 Å². The SMILES string of the molecule is Cc1cc(C)c(C)c(S(=O)(=O)Nc2ccn(C34CC5CC(CC(C5)C3)C4)n2)c1C. The lowest BCUT2D eigenvalue weighted by Crippen LogP contribution is -2.52. The average Bonchev–Trinajstić information content (AvgIpc) is 3.07. The molecule has 1 aromatic heterocycles. The van der Waals surface area contributed by atoms with Crippen molar-refractivity contribution in [1.82, 2.24) is 9.78 Å². The van der Waals surface area contributed by atoms with Crippen LogP contribution in [0, 0.1) is 45.4 Å². The molecule has 0 radical (unpaired) electrons. The van der Waals surface area contributed by atoms with Crippen LogP contribution in [-0.2, 0) is 15.6 Å². The second-order valence-corrected chi connectivity index (χ2v) is 11.6. The number of hydrogen-bond acceptors (Lipinski definition) is 3. The smallest absolute Gasteiger partial charge is 0.263 e. The van der Waals surface area contributed by atoms with Gasteiger partial charge in [0.2, 0.25) is 0 Å². The van der Waals surface area contributed by atoms with Crippen molar-refractivity contribution in [2.75, 3.05) is 4.72 Å². The molecule has 0 unspecified atom stereocenters. The van der Waals surface area contributed by atoms with Gasteiger partial charge < -0.3 is 0 Å². The minimum Gasteiger partial charge on any atom is -0.264 e. The van der Waals surface area contributed by atoms with Gasteiger partial charge in [-0.25, -0.2) is 8.42 Å². The molecule has 1 N–H and O–H groups in total. The van der Waals surface area contributed by atoms with E-state index in [9.17, 15) is 8.42 Å². The van der Waals surface area contributed by atoms with E-state index in [2.05, 4.69) is 9.40 Å². The summed E-state index contributed by atoms with van der Waals surface area (Å²) < 4.78 is 31.3. The number of hydrogen-bond donors (Lipinski definition) is 1. The van der Waals surface area contributed by atoms with Crippen LogP contribution in [0.4, 0.5) is 5.82 Å². The maximum atomic E-state index is 13.2. The number of aryl methyl sites for hydroxylation is 2. The molecule has 156 valence electrons. The second kappa shape index (κ2) is 6.34. The van der Waals surface area contributed by atoms with E-state index in [4.69, 9.17) is 5.10 Å². The summed E-state index contributed by atoms with van der Waals surface area (Å²) in [5, 5.41) is 4.74. The Morgan fingerprint density at radius 2 is 1.48 bits per heavy atom. The van der Waals surface area contributed by atoms with Crippen LogP contribution in [-0.4, -0.2) is 18.2 Å². The lowest BCUT2D eigenvalue weighted by molar-refractivity contribution is -0.0492. The van der Waals surface area contributed by atoms with Crippen molar-refractivity contribution in [3.05, 3.63) is 40.6 Å². The fraction of sp³-hybridized carbons (Fsp3) is 0.609. The van der Waals surface area contributed by atoms with Gasteiger partial charge >= 0.3 is 0 Å². The largest absolute Gasteiger partial charge is 0.264 e. The molecule has 4 saturated carbocycles. The molecule has 6 heteroatoms.